The molecule has 0 bridgehead atoms. The number of carboxylic acids is 1. The molecule has 1 aliphatic heterocycles. The van der Waals surface area contributed by atoms with E-state index in [0.29, 0.717) is 12.5 Å². The topological polar surface area (TPSA) is 66.3 Å². The number of carboxylic acid groups (broad SMARTS) is 1. The molecule has 1 aliphatic rings. The molecule has 5 nitrogen and oxygen atoms in total. The van der Waals surface area contributed by atoms with Gasteiger partial charge in [0.15, 0.2) is 5.82 Å². The zero-order valence-corrected chi connectivity index (χ0v) is 9.34. The molecule has 17 heavy (non-hydrogen) atoms. The summed E-state index contributed by atoms with van der Waals surface area (Å²) in [5, 5.41) is 8.76. The van der Waals surface area contributed by atoms with Crippen molar-refractivity contribution in [2.45, 2.75) is 19.3 Å². The number of aliphatic carboxylic acids is 1. The minimum atomic E-state index is -0.781. The molecule has 0 radical (unpaired) electrons. The van der Waals surface area contributed by atoms with Crippen LogP contribution in [0, 0.1) is 11.7 Å². The van der Waals surface area contributed by atoms with E-state index in [1.54, 1.807) is 0 Å². The van der Waals surface area contributed by atoms with Crippen LogP contribution in [-0.4, -0.2) is 34.1 Å². The van der Waals surface area contributed by atoms with E-state index in [0.717, 1.165) is 31.8 Å². The zero-order valence-electron chi connectivity index (χ0n) is 9.34. The van der Waals surface area contributed by atoms with Crippen LogP contribution in [0.4, 0.5) is 10.3 Å². The first-order valence-corrected chi connectivity index (χ1v) is 5.59. The second kappa shape index (κ2) is 5.07. The highest BCUT2D eigenvalue weighted by atomic mass is 19.1. The molecule has 2 heterocycles. The molecule has 0 amide bonds. The van der Waals surface area contributed by atoms with Gasteiger partial charge >= 0.3 is 5.97 Å². The number of aromatic nitrogens is 2. The minimum absolute atomic E-state index is 0.120. The predicted octanol–water partition coefficient (Wildman–Crippen LogP) is 1.31. The Hall–Kier alpha value is -1.72. The molecule has 1 aromatic heterocycles. The third-order valence-electron chi connectivity index (χ3n) is 2.87. The molecular weight excluding hydrogens is 225 g/mol. The van der Waals surface area contributed by atoms with E-state index in [-0.39, 0.29) is 12.3 Å². The Balaban J connectivity index is 2.01. The van der Waals surface area contributed by atoms with Gasteiger partial charge in [-0.3, -0.25) is 4.79 Å². The first-order chi connectivity index (χ1) is 8.15. The number of halogens is 1. The van der Waals surface area contributed by atoms with Crippen LogP contribution < -0.4 is 4.90 Å². The molecule has 1 unspecified atom stereocenters. The van der Waals surface area contributed by atoms with Gasteiger partial charge in [0.25, 0.3) is 0 Å². The molecule has 0 aliphatic carbocycles. The smallest absolute Gasteiger partial charge is 0.303 e. The largest absolute Gasteiger partial charge is 0.481 e. The summed E-state index contributed by atoms with van der Waals surface area (Å²) >= 11 is 0. The number of anilines is 1. The van der Waals surface area contributed by atoms with Gasteiger partial charge in [-0.25, -0.2) is 14.4 Å². The fourth-order valence-electron chi connectivity index (χ4n) is 2.13. The van der Waals surface area contributed by atoms with Crippen molar-refractivity contribution in [3.63, 3.8) is 0 Å². The normalized spacial score (nSPS) is 20.3. The lowest BCUT2D eigenvalue weighted by atomic mass is 9.95. The summed E-state index contributed by atoms with van der Waals surface area (Å²) in [6.07, 6.45) is 4.24. The summed E-state index contributed by atoms with van der Waals surface area (Å²) in [5.74, 6) is -0.652. The Morgan fingerprint density at radius 3 is 2.88 bits per heavy atom. The van der Waals surface area contributed by atoms with E-state index in [9.17, 15) is 9.18 Å². The van der Waals surface area contributed by atoms with E-state index in [1.807, 2.05) is 4.90 Å². The van der Waals surface area contributed by atoms with Crippen molar-refractivity contribution in [1.29, 1.82) is 0 Å². The van der Waals surface area contributed by atoms with Crippen molar-refractivity contribution in [2.24, 2.45) is 5.92 Å². The first-order valence-electron chi connectivity index (χ1n) is 5.59. The molecule has 92 valence electrons. The van der Waals surface area contributed by atoms with Crippen LogP contribution >= 0.6 is 0 Å². The second-order valence-electron chi connectivity index (χ2n) is 4.25. The quantitative estimate of drug-likeness (QED) is 0.861. The number of rotatable bonds is 3. The molecule has 6 heteroatoms. The van der Waals surface area contributed by atoms with Crippen molar-refractivity contribution < 1.29 is 14.3 Å². The van der Waals surface area contributed by atoms with Gasteiger partial charge < -0.3 is 10.0 Å². The van der Waals surface area contributed by atoms with E-state index < -0.39 is 11.8 Å². The number of hydrogen-bond donors (Lipinski definition) is 1. The average molecular weight is 239 g/mol. The van der Waals surface area contributed by atoms with Gasteiger partial charge in [-0.15, -0.1) is 0 Å². The van der Waals surface area contributed by atoms with Crippen LogP contribution in [0.1, 0.15) is 19.3 Å². The van der Waals surface area contributed by atoms with Crippen molar-refractivity contribution in [2.75, 3.05) is 18.0 Å². The highest BCUT2D eigenvalue weighted by molar-refractivity contribution is 5.67. The van der Waals surface area contributed by atoms with Crippen LogP contribution in [-0.2, 0) is 4.79 Å². The molecule has 1 fully saturated rings. The molecule has 2 rings (SSSR count). The Morgan fingerprint density at radius 1 is 1.53 bits per heavy atom. The fraction of sp³-hybridized carbons (Fsp3) is 0.545. The van der Waals surface area contributed by atoms with Gasteiger partial charge in [-0.2, -0.15) is 0 Å². The Kier molecular flexibility index (Phi) is 3.51. The molecule has 0 aromatic carbocycles. The summed E-state index contributed by atoms with van der Waals surface area (Å²) in [7, 11) is 0. The van der Waals surface area contributed by atoms with Crippen LogP contribution in [0.5, 0.6) is 0 Å². The lowest BCUT2D eigenvalue weighted by molar-refractivity contribution is -0.138. The molecular formula is C11H14FN3O2. The summed E-state index contributed by atoms with van der Waals surface area (Å²) in [4.78, 5) is 20.4. The van der Waals surface area contributed by atoms with E-state index in [1.165, 1.54) is 0 Å². The van der Waals surface area contributed by atoms with Crippen molar-refractivity contribution in [3.8, 4) is 0 Å². The van der Waals surface area contributed by atoms with Gasteiger partial charge in [0.1, 0.15) is 0 Å². The monoisotopic (exact) mass is 239 g/mol. The molecule has 1 aromatic rings. The minimum Gasteiger partial charge on any atom is -0.481 e. The number of nitrogens with zero attached hydrogens (tertiary/aromatic N) is 3. The molecule has 1 saturated heterocycles. The Morgan fingerprint density at radius 2 is 2.24 bits per heavy atom. The molecule has 0 saturated carbocycles. The third kappa shape index (κ3) is 3.12. The highest BCUT2D eigenvalue weighted by Crippen LogP contribution is 2.22. The number of hydrogen-bond acceptors (Lipinski definition) is 4. The van der Waals surface area contributed by atoms with Crippen molar-refractivity contribution in [1.82, 2.24) is 9.97 Å². The summed E-state index contributed by atoms with van der Waals surface area (Å²) in [6.45, 7) is 1.42. The van der Waals surface area contributed by atoms with Gasteiger partial charge in [0, 0.05) is 19.5 Å². The maximum absolute atomic E-state index is 12.7. The van der Waals surface area contributed by atoms with Crippen LogP contribution in [0.25, 0.3) is 0 Å². The van der Waals surface area contributed by atoms with Gasteiger partial charge in [-0.05, 0) is 18.8 Å². The molecule has 1 atom stereocenters. The lowest BCUT2D eigenvalue weighted by Gasteiger charge is -2.31. The maximum Gasteiger partial charge on any atom is 0.303 e. The predicted molar refractivity (Wildman–Crippen MR) is 59.2 cm³/mol. The van der Waals surface area contributed by atoms with Gasteiger partial charge in [-0.1, -0.05) is 0 Å². The summed E-state index contributed by atoms with van der Waals surface area (Å²) < 4.78 is 12.7. The first kappa shape index (κ1) is 11.8. The lowest BCUT2D eigenvalue weighted by Crippen LogP contribution is -2.37. The van der Waals surface area contributed by atoms with Gasteiger partial charge in [0.05, 0.1) is 12.4 Å². The SMILES string of the molecule is O=C(O)CC1CCCN(c2ncc(F)cn2)C1. The zero-order chi connectivity index (χ0) is 12.3. The molecule has 0 spiro atoms. The molecule has 1 N–H and O–H groups in total. The maximum atomic E-state index is 12.7. The second-order valence-corrected chi connectivity index (χ2v) is 4.25. The number of carbonyl (C=O) groups is 1. The van der Waals surface area contributed by atoms with Crippen LogP contribution in [0.3, 0.4) is 0 Å². The van der Waals surface area contributed by atoms with E-state index >= 15 is 0 Å². The number of piperidine rings is 1. The van der Waals surface area contributed by atoms with Crippen molar-refractivity contribution in [3.05, 3.63) is 18.2 Å². The van der Waals surface area contributed by atoms with E-state index in [4.69, 9.17) is 5.11 Å². The van der Waals surface area contributed by atoms with E-state index in [2.05, 4.69) is 9.97 Å². The summed E-state index contributed by atoms with van der Waals surface area (Å²) in [5.41, 5.74) is 0. The van der Waals surface area contributed by atoms with Crippen LogP contribution in [0.2, 0.25) is 0 Å². The Labute approximate surface area is 98.3 Å². The summed E-state index contributed by atoms with van der Waals surface area (Å²) in [6, 6.07) is 0. The van der Waals surface area contributed by atoms with Crippen LogP contribution in [0.15, 0.2) is 12.4 Å². The third-order valence-corrected chi connectivity index (χ3v) is 2.87. The van der Waals surface area contributed by atoms with Crippen molar-refractivity contribution >= 4 is 11.9 Å². The average Bonchev–Trinajstić information content (AvgIpc) is 2.29. The highest BCUT2D eigenvalue weighted by Gasteiger charge is 2.23. The standard InChI is InChI=1S/C11H14FN3O2/c12-9-5-13-11(14-6-9)15-3-1-2-8(7-15)4-10(16)17/h5-6,8H,1-4,7H2,(H,16,17). The fourth-order valence-corrected chi connectivity index (χ4v) is 2.13. The van der Waals surface area contributed by atoms with Gasteiger partial charge in [0.2, 0.25) is 5.95 Å². The Bertz CT molecular complexity index is 396.